The molecule has 2 aromatic rings. The molecule has 0 spiro atoms. The molecule has 0 heterocycles. The number of carboxylic acid groups (broad SMARTS) is 1. The Morgan fingerprint density at radius 2 is 1.84 bits per heavy atom. The number of non-ortho nitro benzene ring substituents is 1. The third-order valence-corrected chi connectivity index (χ3v) is 3.82. The summed E-state index contributed by atoms with van der Waals surface area (Å²) in [7, 11) is 0. The SMILES string of the molecule is O=C([O-])C[C@@H](NC(=O)Cc1ccccc1)c1cc([N+](=O)[O-])ccc1Cl. The number of nitro groups is 1. The van der Waals surface area contributed by atoms with Gasteiger partial charge >= 0.3 is 0 Å². The third kappa shape index (κ3) is 5.29. The first-order chi connectivity index (χ1) is 11.9. The molecule has 7 nitrogen and oxygen atoms in total. The van der Waals surface area contributed by atoms with E-state index in [0.29, 0.717) is 0 Å². The molecule has 0 aliphatic carbocycles. The number of carbonyl (C=O) groups excluding carboxylic acids is 2. The van der Waals surface area contributed by atoms with Gasteiger partial charge in [0.1, 0.15) is 0 Å². The van der Waals surface area contributed by atoms with E-state index in [1.54, 1.807) is 24.3 Å². The molecule has 0 saturated heterocycles. The van der Waals surface area contributed by atoms with Gasteiger partial charge in [-0.15, -0.1) is 0 Å². The highest BCUT2D eigenvalue weighted by molar-refractivity contribution is 6.31. The number of aliphatic carboxylic acids is 1. The summed E-state index contributed by atoms with van der Waals surface area (Å²) >= 11 is 6.04. The summed E-state index contributed by atoms with van der Waals surface area (Å²) in [5, 5.41) is 24.6. The molecule has 0 unspecified atom stereocenters. The number of benzene rings is 2. The van der Waals surface area contributed by atoms with Crippen molar-refractivity contribution in [2.24, 2.45) is 0 Å². The van der Waals surface area contributed by atoms with E-state index in [1.165, 1.54) is 12.1 Å². The van der Waals surface area contributed by atoms with Gasteiger partial charge in [0, 0.05) is 35.1 Å². The zero-order chi connectivity index (χ0) is 18.4. The Morgan fingerprint density at radius 3 is 2.44 bits per heavy atom. The van der Waals surface area contributed by atoms with Crippen LogP contribution < -0.4 is 10.4 Å². The van der Waals surface area contributed by atoms with Crippen LogP contribution in [0.5, 0.6) is 0 Å². The summed E-state index contributed by atoms with van der Waals surface area (Å²) in [4.78, 5) is 33.5. The van der Waals surface area contributed by atoms with E-state index < -0.39 is 29.3 Å². The summed E-state index contributed by atoms with van der Waals surface area (Å²) < 4.78 is 0. The number of halogens is 1. The van der Waals surface area contributed by atoms with Crippen LogP contribution in [0.2, 0.25) is 5.02 Å². The fraction of sp³-hybridized carbons (Fsp3) is 0.176. The standard InChI is InChI=1S/C17H15ClN2O5/c18-14-7-6-12(20(24)25)9-13(14)15(10-17(22)23)19-16(21)8-11-4-2-1-3-5-11/h1-7,9,15H,8,10H2,(H,19,21)(H,22,23)/p-1/t15-/m1/s1. The molecule has 8 heteroatoms. The van der Waals surface area contributed by atoms with Crippen LogP contribution in [0, 0.1) is 10.1 Å². The van der Waals surface area contributed by atoms with Gasteiger partial charge in [0.2, 0.25) is 5.91 Å². The number of amides is 1. The van der Waals surface area contributed by atoms with E-state index in [4.69, 9.17) is 11.6 Å². The maximum Gasteiger partial charge on any atom is 0.269 e. The van der Waals surface area contributed by atoms with Gasteiger partial charge < -0.3 is 15.2 Å². The molecule has 0 aromatic heterocycles. The van der Waals surface area contributed by atoms with Crippen molar-refractivity contribution in [2.45, 2.75) is 18.9 Å². The molecule has 2 aromatic carbocycles. The number of carbonyl (C=O) groups is 2. The molecule has 130 valence electrons. The van der Waals surface area contributed by atoms with E-state index >= 15 is 0 Å². The van der Waals surface area contributed by atoms with Gasteiger partial charge in [0.25, 0.3) is 5.69 Å². The van der Waals surface area contributed by atoms with Crippen molar-refractivity contribution in [1.82, 2.24) is 5.32 Å². The van der Waals surface area contributed by atoms with E-state index in [1.807, 2.05) is 6.07 Å². The van der Waals surface area contributed by atoms with Gasteiger partial charge in [0.05, 0.1) is 17.4 Å². The van der Waals surface area contributed by atoms with Crippen molar-refractivity contribution < 1.29 is 19.6 Å². The molecule has 0 fully saturated rings. The lowest BCUT2D eigenvalue weighted by Crippen LogP contribution is -2.35. The molecule has 25 heavy (non-hydrogen) atoms. The minimum absolute atomic E-state index is 0.0386. The van der Waals surface area contributed by atoms with Crippen molar-refractivity contribution in [3.63, 3.8) is 0 Å². The molecule has 1 atom stereocenters. The normalized spacial score (nSPS) is 11.6. The molecule has 0 aliphatic rings. The molecule has 0 bridgehead atoms. The zero-order valence-electron chi connectivity index (χ0n) is 13.0. The Kier molecular flexibility index (Phi) is 6.08. The van der Waals surface area contributed by atoms with E-state index in [0.717, 1.165) is 11.6 Å². The Hall–Kier alpha value is -2.93. The summed E-state index contributed by atoms with van der Waals surface area (Å²) in [5.74, 6) is -1.84. The lowest BCUT2D eigenvalue weighted by atomic mass is 10.0. The Balaban J connectivity index is 2.24. The maximum absolute atomic E-state index is 12.2. The Morgan fingerprint density at radius 1 is 1.16 bits per heavy atom. The van der Waals surface area contributed by atoms with Crippen LogP contribution in [0.4, 0.5) is 5.69 Å². The fourth-order valence-corrected chi connectivity index (χ4v) is 2.59. The lowest BCUT2D eigenvalue weighted by Gasteiger charge is -2.21. The number of carboxylic acids is 1. The number of nitrogens with zero attached hydrogens (tertiary/aromatic N) is 1. The molecule has 0 radical (unpaired) electrons. The van der Waals surface area contributed by atoms with Gasteiger partial charge in [-0.1, -0.05) is 41.9 Å². The average molecular weight is 362 g/mol. The number of hydrogen-bond acceptors (Lipinski definition) is 5. The minimum atomic E-state index is -1.41. The Labute approximate surface area is 148 Å². The van der Waals surface area contributed by atoms with Gasteiger partial charge in [-0.3, -0.25) is 14.9 Å². The van der Waals surface area contributed by atoms with Crippen molar-refractivity contribution in [3.05, 3.63) is 74.8 Å². The summed E-state index contributed by atoms with van der Waals surface area (Å²) in [6, 6.07) is 11.5. The van der Waals surface area contributed by atoms with Crippen LogP contribution in [-0.2, 0) is 16.0 Å². The van der Waals surface area contributed by atoms with Crippen LogP contribution in [0.1, 0.15) is 23.6 Å². The van der Waals surface area contributed by atoms with Crippen molar-refractivity contribution >= 4 is 29.2 Å². The predicted molar refractivity (Wildman–Crippen MR) is 88.8 cm³/mol. The summed E-state index contributed by atoms with van der Waals surface area (Å²) in [6.45, 7) is 0. The van der Waals surface area contributed by atoms with E-state index in [2.05, 4.69) is 5.32 Å². The van der Waals surface area contributed by atoms with Gasteiger partial charge in [0.15, 0.2) is 0 Å². The van der Waals surface area contributed by atoms with E-state index in [-0.39, 0.29) is 22.7 Å². The monoisotopic (exact) mass is 361 g/mol. The molecule has 0 saturated carbocycles. The van der Waals surface area contributed by atoms with E-state index in [9.17, 15) is 24.8 Å². The Bertz CT molecular complexity index is 795. The van der Waals surface area contributed by atoms with Crippen LogP contribution in [0.3, 0.4) is 0 Å². The van der Waals surface area contributed by atoms with Crippen molar-refractivity contribution in [1.29, 1.82) is 0 Å². The van der Waals surface area contributed by atoms with Crippen LogP contribution >= 0.6 is 11.6 Å². The largest absolute Gasteiger partial charge is 0.550 e. The van der Waals surface area contributed by atoms with Crippen LogP contribution in [0.15, 0.2) is 48.5 Å². The van der Waals surface area contributed by atoms with Crippen molar-refractivity contribution in [2.75, 3.05) is 0 Å². The second-order valence-electron chi connectivity index (χ2n) is 5.32. The average Bonchev–Trinajstić information content (AvgIpc) is 2.55. The highest BCUT2D eigenvalue weighted by Crippen LogP contribution is 2.29. The minimum Gasteiger partial charge on any atom is -0.550 e. The lowest BCUT2D eigenvalue weighted by molar-refractivity contribution is -0.385. The quantitative estimate of drug-likeness (QED) is 0.596. The molecule has 0 aliphatic heterocycles. The summed E-state index contributed by atoms with van der Waals surface area (Å²) in [6.07, 6.45) is -0.516. The first kappa shape index (κ1) is 18.4. The topological polar surface area (TPSA) is 112 Å². The molecule has 1 amide bonds. The van der Waals surface area contributed by atoms with Crippen LogP contribution in [-0.4, -0.2) is 16.8 Å². The van der Waals surface area contributed by atoms with Gasteiger partial charge in [-0.25, -0.2) is 0 Å². The second-order valence-corrected chi connectivity index (χ2v) is 5.73. The molecule has 1 N–H and O–H groups in total. The number of nitrogens with one attached hydrogen (secondary N) is 1. The highest BCUT2D eigenvalue weighted by Gasteiger charge is 2.21. The number of nitro benzene ring substituents is 1. The summed E-state index contributed by atoms with van der Waals surface area (Å²) in [5.41, 5.74) is 0.652. The maximum atomic E-state index is 12.2. The van der Waals surface area contributed by atoms with Crippen LogP contribution in [0.25, 0.3) is 0 Å². The second kappa shape index (κ2) is 8.25. The molecular weight excluding hydrogens is 348 g/mol. The fourth-order valence-electron chi connectivity index (χ4n) is 2.34. The van der Waals surface area contributed by atoms with Gasteiger partial charge in [-0.05, 0) is 11.6 Å². The molecular formula is C17H14ClN2O5-. The smallest absolute Gasteiger partial charge is 0.269 e. The van der Waals surface area contributed by atoms with Crippen molar-refractivity contribution in [3.8, 4) is 0 Å². The first-order valence-corrected chi connectivity index (χ1v) is 7.71. The predicted octanol–water partition coefficient (Wildman–Crippen LogP) is 1.79. The van der Waals surface area contributed by atoms with Gasteiger partial charge in [-0.2, -0.15) is 0 Å². The zero-order valence-corrected chi connectivity index (χ0v) is 13.7. The molecule has 2 rings (SSSR count). The number of hydrogen-bond donors (Lipinski definition) is 1. The number of rotatable bonds is 7. The highest BCUT2D eigenvalue weighted by atomic mass is 35.5. The third-order valence-electron chi connectivity index (χ3n) is 3.48. The first-order valence-electron chi connectivity index (χ1n) is 7.34.